The number of hydrogen-bond donors (Lipinski definition) is 2. The second-order valence-corrected chi connectivity index (χ2v) is 4.35. The molecule has 8 nitrogen and oxygen atoms in total. The molecule has 2 amide bonds. The van der Waals surface area contributed by atoms with E-state index in [1.54, 1.807) is 18.2 Å². The van der Waals surface area contributed by atoms with Crippen LogP contribution in [0.4, 0.5) is 0 Å². The molecular formula is C14H17N3O5. The summed E-state index contributed by atoms with van der Waals surface area (Å²) in [4.78, 5) is 22.8. The van der Waals surface area contributed by atoms with Gasteiger partial charge in [-0.15, -0.1) is 0 Å². The first-order valence-corrected chi connectivity index (χ1v) is 6.70. The molecule has 2 N–H and O–H groups in total. The van der Waals surface area contributed by atoms with Crippen molar-refractivity contribution in [2.75, 3.05) is 33.5 Å². The highest BCUT2D eigenvalue weighted by Gasteiger charge is 2.12. The third-order valence-electron chi connectivity index (χ3n) is 2.74. The number of hydrazone groups is 1. The normalized spacial score (nSPS) is 13.0. The van der Waals surface area contributed by atoms with Crippen LogP contribution in [0.15, 0.2) is 23.3 Å². The molecule has 1 aromatic rings. The van der Waals surface area contributed by atoms with Gasteiger partial charge in [0, 0.05) is 13.7 Å². The van der Waals surface area contributed by atoms with Crippen molar-refractivity contribution in [3.8, 4) is 11.5 Å². The minimum atomic E-state index is -0.843. The maximum Gasteiger partial charge on any atom is 0.329 e. The number of hydrogen-bond acceptors (Lipinski definition) is 6. The van der Waals surface area contributed by atoms with Gasteiger partial charge in [0.05, 0.1) is 12.8 Å². The summed E-state index contributed by atoms with van der Waals surface area (Å²) in [6.07, 6.45) is 1.42. The Balaban J connectivity index is 1.84. The first-order valence-electron chi connectivity index (χ1n) is 6.70. The van der Waals surface area contributed by atoms with E-state index in [-0.39, 0.29) is 6.54 Å². The van der Waals surface area contributed by atoms with Crippen molar-refractivity contribution in [1.82, 2.24) is 10.7 Å². The molecular weight excluding hydrogens is 290 g/mol. The van der Waals surface area contributed by atoms with Gasteiger partial charge in [-0.1, -0.05) is 0 Å². The van der Waals surface area contributed by atoms with Gasteiger partial charge in [0.2, 0.25) is 0 Å². The van der Waals surface area contributed by atoms with Gasteiger partial charge in [0.25, 0.3) is 0 Å². The number of methoxy groups -OCH3 is 1. The van der Waals surface area contributed by atoms with E-state index in [2.05, 4.69) is 15.8 Å². The van der Waals surface area contributed by atoms with Crippen LogP contribution in [-0.4, -0.2) is 51.5 Å². The van der Waals surface area contributed by atoms with E-state index in [4.69, 9.17) is 14.2 Å². The lowest BCUT2D eigenvalue weighted by molar-refractivity contribution is -0.139. The topological polar surface area (TPSA) is 98.2 Å². The zero-order chi connectivity index (χ0) is 15.8. The average Bonchev–Trinajstić information content (AvgIpc) is 2.54. The Kier molecular flexibility index (Phi) is 5.73. The predicted molar refractivity (Wildman–Crippen MR) is 78.1 cm³/mol. The summed E-state index contributed by atoms with van der Waals surface area (Å²) in [7, 11) is 1.50. The van der Waals surface area contributed by atoms with Gasteiger partial charge in [-0.3, -0.25) is 9.59 Å². The molecule has 1 aromatic carbocycles. The van der Waals surface area contributed by atoms with Crippen LogP contribution in [-0.2, 0) is 14.3 Å². The van der Waals surface area contributed by atoms with Gasteiger partial charge < -0.3 is 19.5 Å². The average molecular weight is 307 g/mol. The summed E-state index contributed by atoms with van der Waals surface area (Å²) < 4.78 is 15.6. The van der Waals surface area contributed by atoms with E-state index < -0.39 is 11.8 Å². The summed E-state index contributed by atoms with van der Waals surface area (Å²) in [6.45, 7) is 1.61. The van der Waals surface area contributed by atoms with Crippen molar-refractivity contribution in [3.63, 3.8) is 0 Å². The molecule has 22 heavy (non-hydrogen) atoms. The highest BCUT2D eigenvalue weighted by atomic mass is 16.6. The molecule has 0 saturated heterocycles. The Labute approximate surface area is 127 Å². The van der Waals surface area contributed by atoms with Crippen molar-refractivity contribution >= 4 is 18.0 Å². The number of nitrogens with one attached hydrogen (secondary N) is 2. The lowest BCUT2D eigenvalue weighted by Gasteiger charge is -2.18. The standard InChI is InChI=1S/C14H17N3O5/c1-20-5-4-15-13(18)14(19)17-16-9-10-2-3-11-12(8-10)22-7-6-21-11/h2-3,8-9H,4-7H2,1H3,(H,15,18)(H,17,19). The molecule has 1 aliphatic rings. The third kappa shape index (κ3) is 4.45. The Morgan fingerprint density at radius 2 is 2.05 bits per heavy atom. The number of carbonyl (C=O) groups is 2. The summed E-state index contributed by atoms with van der Waals surface area (Å²) in [5, 5.41) is 6.11. The van der Waals surface area contributed by atoms with E-state index in [1.165, 1.54) is 13.3 Å². The zero-order valence-electron chi connectivity index (χ0n) is 12.1. The molecule has 0 saturated carbocycles. The molecule has 0 bridgehead atoms. The molecule has 0 unspecified atom stereocenters. The Bertz CT molecular complexity index is 574. The van der Waals surface area contributed by atoms with Crippen molar-refractivity contribution in [2.45, 2.75) is 0 Å². The maximum atomic E-state index is 11.4. The SMILES string of the molecule is COCCNC(=O)C(=O)NN=Cc1ccc2c(c1)OCCO2. The van der Waals surface area contributed by atoms with Crippen molar-refractivity contribution in [2.24, 2.45) is 5.10 Å². The summed E-state index contributed by atoms with van der Waals surface area (Å²) in [6, 6.07) is 5.26. The van der Waals surface area contributed by atoms with Crippen LogP contribution < -0.4 is 20.2 Å². The van der Waals surface area contributed by atoms with Crippen LogP contribution in [0.2, 0.25) is 0 Å². The minimum Gasteiger partial charge on any atom is -0.486 e. The molecule has 1 aliphatic heterocycles. The predicted octanol–water partition coefficient (Wildman–Crippen LogP) is -0.329. The second-order valence-electron chi connectivity index (χ2n) is 4.35. The van der Waals surface area contributed by atoms with Crippen LogP contribution in [0, 0.1) is 0 Å². The molecule has 0 aliphatic carbocycles. The van der Waals surface area contributed by atoms with Crippen molar-refractivity contribution in [1.29, 1.82) is 0 Å². The summed E-state index contributed by atoms with van der Waals surface area (Å²) in [5.41, 5.74) is 2.86. The fourth-order valence-corrected chi connectivity index (χ4v) is 1.70. The molecule has 0 fully saturated rings. The number of amides is 2. The van der Waals surface area contributed by atoms with Crippen molar-refractivity contribution in [3.05, 3.63) is 23.8 Å². The molecule has 8 heteroatoms. The van der Waals surface area contributed by atoms with Gasteiger partial charge in [-0.25, -0.2) is 5.43 Å². The molecule has 2 rings (SSSR count). The maximum absolute atomic E-state index is 11.4. The molecule has 0 aromatic heterocycles. The molecule has 0 atom stereocenters. The Hall–Kier alpha value is -2.61. The zero-order valence-corrected chi connectivity index (χ0v) is 12.1. The summed E-state index contributed by atoms with van der Waals surface area (Å²) >= 11 is 0. The molecule has 1 heterocycles. The van der Waals surface area contributed by atoms with Gasteiger partial charge in [0.15, 0.2) is 11.5 Å². The number of benzene rings is 1. The lowest BCUT2D eigenvalue weighted by Crippen LogP contribution is -2.39. The Morgan fingerprint density at radius 3 is 2.82 bits per heavy atom. The fourth-order valence-electron chi connectivity index (χ4n) is 1.70. The number of rotatable bonds is 5. The fraction of sp³-hybridized carbons (Fsp3) is 0.357. The van der Waals surface area contributed by atoms with Crippen LogP contribution in [0.3, 0.4) is 0 Å². The van der Waals surface area contributed by atoms with E-state index in [1.807, 2.05) is 0 Å². The monoisotopic (exact) mass is 307 g/mol. The van der Waals surface area contributed by atoms with Crippen molar-refractivity contribution < 1.29 is 23.8 Å². The van der Waals surface area contributed by atoms with Crippen LogP contribution in [0.25, 0.3) is 0 Å². The molecule has 0 spiro atoms. The first kappa shape index (κ1) is 15.8. The minimum absolute atomic E-state index is 0.259. The van der Waals surface area contributed by atoms with E-state index in [0.29, 0.717) is 36.9 Å². The number of carbonyl (C=O) groups excluding carboxylic acids is 2. The van der Waals surface area contributed by atoms with E-state index in [9.17, 15) is 9.59 Å². The highest BCUT2D eigenvalue weighted by Crippen LogP contribution is 2.30. The smallest absolute Gasteiger partial charge is 0.329 e. The largest absolute Gasteiger partial charge is 0.486 e. The molecule has 118 valence electrons. The van der Waals surface area contributed by atoms with Gasteiger partial charge in [-0.05, 0) is 23.8 Å². The van der Waals surface area contributed by atoms with Crippen LogP contribution >= 0.6 is 0 Å². The quantitative estimate of drug-likeness (QED) is 0.336. The van der Waals surface area contributed by atoms with E-state index >= 15 is 0 Å². The lowest BCUT2D eigenvalue weighted by atomic mass is 10.2. The number of fused-ring (bicyclic) bond motifs is 1. The molecule has 0 radical (unpaired) electrons. The Morgan fingerprint density at radius 1 is 1.27 bits per heavy atom. The number of ether oxygens (including phenoxy) is 3. The van der Waals surface area contributed by atoms with Gasteiger partial charge in [-0.2, -0.15) is 5.10 Å². The highest BCUT2D eigenvalue weighted by molar-refractivity contribution is 6.35. The second kappa shape index (κ2) is 7.99. The first-order chi connectivity index (χ1) is 10.7. The van der Waals surface area contributed by atoms with Crippen LogP contribution in [0.1, 0.15) is 5.56 Å². The van der Waals surface area contributed by atoms with Crippen LogP contribution in [0.5, 0.6) is 11.5 Å². The van der Waals surface area contributed by atoms with Gasteiger partial charge >= 0.3 is 11.8 Å². The van der Waals surface area contributed by atoms with Gasteiger partial charge in [0.1, 0.15) is 13.2 Å². The summed E-state index contributed by atoms with van der Waals surface area (Å²) in [5.74, 6) is -0.315. The third-order valence-corrected chi connectivity index (χ3v) is 2.74. The van der Waals surface area contributed by atoms with E-state index in [0.717, 1.165) is 0 Å². The number of nitrogens with zero attached hydrogens (tertiary/aromatic N) is 1.